The summed E-state index contributed by atoms with van der Waals surface area (Å²) in [5, 5.41) is 0.792. The highest BCUT2D eigenvalue weighted by atomic mass is 16.6. The molecule has 0 amide bonds. The Hall–Kier alpha value is -3.08. The maximum absolute atomic E-state index is 12.0. The molecule has 1 unspecified atom stereocenters. The predicted molar refractivity (Wildman–Crippen MR) is 99.2 cm³/mol. The fraction of sp³-hybridized carbons (Fsp3) is 0.238. The summed E-state index contributed by atoms with van der Waals surface area (Å²) in [5.74, 6) is -0.0151. The third-order valence-electron chi connectivity index (χ3n) is 3.80. The number of esters is 1. The largest absolute Gasteiger partial charge is 0.479 e. The summed E-state index contributed by atoms with van der Waals surface area (Å²) >= 11 is 0. The lowest BCUT2D eigenvalue weighted by Crippen LogP contribution is -2.28. The minimum atomic E-state index is -0.765. The van der Waals surface area contributed by atoms with Crippen LogP contribution in [0.2, 0.25) is 0 Å². The van der Waals surface area contributed by atoms with Gasteiger partial charge in [0.1, 0.15) is 11.3 Å². The number of ether oxygens (including phenoxy) is 2. The molecule has 0 saturated carbocycles. The monoisotopic (exact) mass is 352 g/mol. The van der Waals surface area contributed by atoms with E-state index in [0.29, 0.717) is 11.3 Å². The summed E-state index contributed by atoms with van der Waals surface area (Å²) < 4.78 is 16.1. The van der Waals surface area contributed by atoms with E-state index < -0.39 is 17.7 Å². The lowest BCUT2D eigenvalue weighted by atomic mass is 10.0. The molecule has 0 aliphatic carbocycles. The molecule has 0 spiro atoms. The Morgan fingerprint density at radius 2 is 1.73 bits per heavy atom. The minimum absolute atomic E-state index is 0.211. The van der Waals surface area contributed by atoms with Crippen LogP contribution in [0.3, 0.4) is 0 Å². The number of carbonyl (C=O) groups excluding carboxylic acids is 1. The van der Waals surface area contributed by atoms with Gasteiger partial charge in [0.15, 0.2) is 6.10 Å². The fourth-order valence-electron chi connectivity index (χ4n) is 2.65. The van der Waals surface area contributed by atoms with Crippen LogP contribution in [-0.4, -0.2) is 18.2 Å². The van der Waals surface area contributed by atoms with Crippen molar-refractivity contribution in [2.24, 2.45) is 0 Å². The summed E-state index contributed by atoms with van der Waals surface area (Å²) in [6, 6.07) is 16.3. The molecule has 0 radical (unpaired) electrons. The summed E-state index contributed by atoms with van der Waals surface area (Å²) in [7, 11) is 0. The van der Waals surface area contributed by atoms with E-state index in [-0.39, 0.29) is 6.10 Å². The van der Waals surface area contributed by atoms with Gasteiger partial charge in [-0.1, -0.05) is 30.3 Å². The van der Waals surface area contributed by atoms with Crippen molar-refractivity contribution in [2.75, 3.05) is 0 Å². The molecule has 26 heavy (non-hydrogen) atoms. The molecule has 3 rings (SSSR count). The Labute approximate surface area is 151 Å². The van der Waals surface area contributed by atoms with E-state index in [1.54, 1.807) is 32.9 Å². The smallest absolute Gasteiger partial charge is 0.347 e. The molecule has 0 fully saturated rings. The van der Waals surface area contributed by atoms with Gasteiger partial charge in [0, 0.05) is 17.5 Å². The van der Waals surface area contributed by atoms with Gasteiger partial charge in [0.2, 0.25) is 0 Å². The highest BCUT2D eigenvalue weighted by Gasteiger charge is 2.18. The molecule has 0 N–H and O–H groups in total. The first-order chi connectivity index (χ1) is 12.4. The summed E-state index contributed by atoms with van der Waals surface area (Å²) in [6.07, 6.45) is -0.976. The maximum atomic E-state index is 12.0. The Morgan fingerprint density at radius 1 is 1.00 bits per heavy atom. The van der Waals surface area contributed by atoms with E-state index in [2.05, 4.69) is 0 Å². The normalized spacial score (nSPS) is 12.2. The van der Waals surface area contributed by atoms with Gasteiger partial charge in [0.05, 0.1) is 6.10 Å². The quantitative estimate of drug-likeness (QED) is 0.509. The minimum Gasteiger partial charge on any atom is -0.479 e. The Morgan fingerprint density at radius 3 is 2.42 bits per heavy atom. The molecule has 0 aliphatic heterocycles. The Balaban J connectivity index is 1.95. The average Bonchev–Trinajstić information content (AvgIpc) is 2.60. The second-order valence-corrected chi connectivity index (χ2v) is 6.25. The molecule has 1 heterocycles. The molecule has 0 aliphatic rings. The van der Waals surface area contributed by atoms with Crippen LogP contribution in [0.15, 0.2) is 63.8 Å². The van der Waals surface area contributed by atoms with Crippen LogP contribution in [0.4, 0.5) is 0 Å². The number of fused-ring (bicyclic) bond motifs is 1. The van der Waals surface area contributed by atoms with Crippen molar-refractivity contribution in [2.45, 2.75) is 33.0 Å². The van der Waals surface area contributed by atoms with Crippen molar-refractivity contribution in [1.82, 2.24) is 0 Å². The van der Waals surface area contributed by atoms with Crippen LogP contribution >= 0.6 is 0 Å². The van der Waals surface area contributed by atoms with Gasteiger partial charge in [0.25, 0.3) is 0 Å². The molecular formula is C21H20O5. The zero-order valence-corrected chi connectivity index (χ0v) is 14.9. The van der Waals surface area contributed by atoms with Crippen LogP contribution in [0.25, 0.3) is 22.1 Å². The number of rotatable bonds is 5. The van der Waals surface area contributed by atoms with Crippen molar-refractivity contribution in [3.63, 3.8) is 0 Å². The van der Waals surface area contributed by atoms with E-state index in [0.717, 1.165) is 16.5 Å². The third kappa shape index (κ3) is 3.94. The molecular weight excluding hydrogens is 332 g/mol. The van der Waals surface area contributed by atoms with Crippen LogP contribution in [0, 0.1) is 0 Å². The second-order valence-electron chi connectivity index (χ2n) is 6.25. The summed E-state index contributed by atoms with van der Waals surface area (Å²) in [5.41, 5.74) is 1.67. The topological polar surface area (TPSA) is 65.7 Å². The molecule has 134 valence electrons. The zero-order chi connectivity index (χ0) is 18.7. The van der Waals surface area contributed by atoms with Crippen LogP contribution in [-0.2, 0) is 9.53 Å². The second kappa shape index (κ2) is 7.44. The van der Waals surface area contributed by atoms with Crippen LogP contribution < -0.4 is 10.4 Å². The van der Waals surface area contributed by atoms with Crippen molar-refractivity contribution < 1.29 is 18.7 Å². The lowest BCUT2D eigenvalue weighted by molar-refractivity contribution is -0.154. The summed E-state index contributed by atoms with van der Waals surface area (Å²) in [6.45, 7) is 5.17. The predicted octanol–water partition coefficient (Wildman–Crippen LogP) is 4.18. The van der Waals surface area contributed by atoms with E-state index in [9.17, 15) is 9.59 Å². The van der Waals surface area contributed by atoms with E-state index in [1.807, 2.05) is 36.4 Å². The molecule has 1 atom stereocenters. The van der Waals surface area contributed by atoms with E-state index in [1.165, 1.54) is 6.07 Å². The number of benzene rings is 2. The highest BCUT2D eigenvalue weighted by molar-refractivity contribution is 5.93. The Bertz CT molecular complexity index is 973. The number of hydrogen-bond acceptors (Lipinski definition) is 5. The van der Waals surface area contributed by atoms with Gasteiger partial charge in [-0.2, -0.15) is 0 Å². The number of carbonyl (C=O) groups is 1. The summed E-state index contributed by atoms with van der Waals surface area (Å²) in [4.78, 5) is 23.9. The molecule has 5 nitrogen and oxygen atoms in total. The van der Waals surface area contributed by atoms with Gasteiger partial charge in [-0.15, -0.1) is 0 Å². The molecule has 3 aromatic rings. The number of hydrogen-bond donors (Lipinski definition) is 0. The fourth-order valence-corrected chi connectivity index (χ4v) is 2.65. The van der Waals surface area contributed by atoms with Crippen LogP contribution in [0.1, 0.15) is 20.8 Å². The van der Waals surface area contributed by atoms with Crippen molar-refractivity contribution in [1.29, 1.82) is 0 Å². The van der Waals surface area contributed by atoms with Gasteiger partial charge in [-0.25, -0.2) is 9.59 Å². The van der Waals surface area contributed by atoms with Gasteiger partial charge in [-0.3, -0.25) is 0 Å². The first-order valence-corrected chi connectivity index (χ1v) is 8.44. The first kappa shape index (κ1) is 17.7. The van der Waals surface area contributed by atoms with Crippen LogP contribution in [0.5, 0.6) is 5.75 Å². The molecule has 0 bridgehead atoms. The molecule has 0 saturated heterocycles. The zero-order valence-electron chi connectivity index (χ0n) is 14.9. The highest BCUT2D eigenvalue weighted by Crippen LogP contribution is 2.29. The van der Waals surface area contributed by atoms with Crippen molar-refractivity contribution >= 4 is 16.9 Å². The van der Waals surface area contributed by atoms with Gasteiger partial charge >= 0.3 is 11.6 Å². The van der Waals surface area contributed by atoms with E-state index in [4.69, 9.17) is 13.9 Å². The third-order valence-corrected chi connectivity index (χ3v) is 3.80. The van der Waals surface area contributed by atoms with Crippen molar-refractivity contribution in [3.8, 4) is 16.9 Å². The first-order valence-electron chi connectivity index (χ1n) is 8.44. The molecule has 2 aromatic carbocycles. The standard InChI is InChI=1S/C21H20O5/c1-13(2)24-21(23)14(3)25-16-9-10-17-18(15-7-5-4-6-8-15)12-20(22)26-19(17)11-16/h4-14H,1-3H3. The Kier molecular flexibility index (Phi) is 5.07. The molecule has 5 heteroatoms. The lowest BCUT2D eigenvalue weighted by Gasteiger charge is -2.16. The molecule has 1 aromatic heterocycles. The average molecular weight is 352 g/mol. The van der Waals surface area contributed by atoms with Gasteiger partial charge in [-0.05, 0) is 44.0 Å². The van der Waals surface area contributed by atoms with Crippen molar-refractivity contribution in [3.05, 3.63) is 65.0 Å². The van der Waals surface area contributed by atoms with Gasteiger partial charge < -0.3 is 13.9 Å². The maximum Gasteiger partial charge on any atom is 0.347 e. The SMILES string of the molecule is CC(C)OC(=O)C(C)Oc1ccc2c(-c3ccccc3)cc(=O)oc2c1. The van der Waals surface area contributed by atoms with E-state index >= 15 is 0 Å².